The summed E-state index contributed by atoms with van der Waals surface area (Å²) in [5, 5.41) is 12.8. The number of piperidine rings is 1. The highest BCUT2D eigenvalue weighted by Gasteiger charge is 2.67. The van der Waals surface area contributed by atoms with Gasteiger partial charge in [-0.1, -0.05) is 12.1 Å². The highest BCUT2D eigenvalue weighted by molar-refractivity contribution is 9.10. The van der Waals surface area contributed by atoms with Crippen LogP contribution in [0.15, 0.2) is 59.7 Å². The summed E-state index contributed by atoms with van der Waals surface area (Å²) in [6, 6.07) is 6.40. The van der Waals surface area contributed by atoms with E-state index in [0.717, 1.165) is 12.1 Å². The largest absolute Gasteiger partial charge is 0.373 e. The Balaban J connectivity index is 1.13. The number of carbonyl (C=O) groups excluding carboxylic acids is 3. The second-order valence-electron chi connectivity index (χ2n) is 12.8. The van der Waals surface area contributed by atoms with E-state index < -0.39 is 6.04 Å². The van der Waals surface area contributed by atoms with E-state index >= 15 is 0 Å². The first-order chi connectivity index (χ1) is 23.7. The molecule has 2 fully saturated rings. The second-order valence-corrected chi connectivity index (χ2v) is 13.6. The minimum absolute atomic E-state index is 0.173. The smallest absolute Gasteiger partial charge is 0.248 e. The van der Waals surface area contributed by atoms with E-state index in [4.69, 9.17) is 9.84 Å². The van der Waals surface area contributed by atoms with Gasteiger partial charge >= 0.3 is 0 Å². The standard InChI is InChI=1S/C34H31BrN10O4/c1-19(46)31-24-10-25(22-13-36-20(2)37-14-22)38-15-27(24)44(42-31)16-30(47)45-26-11-34(12-28(34)45)18-43-8-7-23(41-43)4-3-9-49-17-21-5-6-29(35)39-32(21)40-33(26)48/h3-8,10,13-15,26,28H,9,11-12,16-18H2,1-2H3,(H,39,40,48)/b4-3+/t26-,28+,34-/m0/s1. The normalized spacial score (nSPS) is 22.3. The van der Waals surface area contributed by atoms with Crippen molar-refractivity contribution in [3.63, 3.8) is 0 Å². The van der Waals surface area contributed by atoms with E-state index in [-0.39, 0.29) is 47.9 Å². The first-order valence-electron chi connectivity index (χ1n) is 15.9. The first-order valence-corrected chi connectivity index (χ1v) is 16.7. The molecule has 15 heteroatoms. The summed E-state index contributed by atoms with van der Waals surface area (Å²) in [5.41, 5.74) is 3.23. The summed E-state index contributed by atoms with van der Waals surface area (Å²) in [5.74, 6) is 0.144. The van der Waals surface area contributed by atoms with Gasteiger partial charge in [0.15, 0.2) is 5.78 Å². The highest BCUT2D eigenvalue weighted by atomic mass is 79.9. The Morgan fingerprint density at radius 3 is 2.76 bits per heavy atom. The summed E-state index contributed by atoms with van der Waals surface area (Å²) < 4.78 is 9.79. The van der Waals surface area contributed by atoms with Crippen molar-refractivity contribution < 1.29 is 19.1 Å². The van der Waals surface area contributed by atoms with E-state index in [1.165, 1.54) is 11.6 Å². The van der Waals surface area contributed by atoms with Crippen molar-refractivity contribution in [1.82, 2.24) is 44.4 Å². The van der Waals surface area contributed by atoms with Crippen LogP contribution in [0, 0.1) is 12.3 Å². The number of halogens is 1. The van der Waals surface area contributed by atoms with Crippen LogP contribution in [0.1, 0.15) is 47.3 Å². The molecule has 1 saturated heterocycles. The van der Waals surface area contributed by atoms with E-state index in [1.54, 1.807) is 42.5 Å². The van der Waals surface area contributed by atoms with Gasteiger partial charge in [-0.15, -0.1) is 0 Å². The Hall–Kier alpha value is -5.15. The maximum absolute atomic E-state index is 14.3. The minimum Gasteiger partial charge on any atom is -0.373 e. The van der Waals surface area contributed by atoms with Crippen LogP contribution in [-0.4, -0.2) is 80.7 Å². The molecule has 49 heavy (non-hydrogen) atoms. The number of amides is 2. The Labute approximate surface area is 288 Å². The molecule has 2 amide bonds. The predicted octanol–water partition coefficient (Wildman–Crippen LogP) is 4.00. The molecule has 0 radical (unpaired) electrons. The number of ether oxygens (including phenoxy) is 1. The van der Waals surface area contributed by atoms with Crippen LogP contribution in [0.5, 0.6) is 0 Å². The minimum atomic E-state index is -0.760. The number of likely N-dealkylation sites (tertiary alicyclic amines) is 1. The number of anilines is 1. The molecule has 0 aromatic carbocycles. The average molecular weight is 724 g/mol. The number of aryl methyl sites for hydroxylation is 1. The number of nitrogens with one attached hydrogen (secondary N) is 1. The van der Waals surface area contributed by atoms with Crippen LogP contribution in [0.3, 0.4) is 0 Å². The molecule has 5 aromatic heterocycles. The number of fused-ring (bicyclic) bond motifs is 5. The van der Waals surface area contributed by atoms with Gasteiger partial charge in [0.25, 0.3) is 0 Å². The molecular weight excluding hydrogens is 692 g/mol. The molecule has 2 aliphatic heterocycles. The lowest BCUT2D eigenvalue weighted by atomic mass is 9.99. The van der Waals surface area contributed by atoms with E-state index in [1.807, 2.05) is 35.2 Å². The molecule has 7 heterocycles. The predicted molar refractivity (Wildman–Crippen MR) is 181 cm³/mol. The van der Waals surface area contributed by atoms with Crippen molar-refractivity contribution >= 4 is 56.3 Å². The number of hydrogen-bond acceptors (Lipinski definition) is 10. The lowest BCUT2D eigenvalue weighted by Crippen LogP contribution is -2.47. The molecule has 0 unspecified atom stereocenters. The molecule has 8 rings (SSSR count). The highest BCUT2D eigenvalue weighted by Crippen LogP contribution is 2.60. The van der Waals surface area contributed by atoms with Gasteiger partial charge in [0, 0.05) is 60.0 Å². The summed E-state index contributed by atoms with van der Waals surface area (Å²) in [4.78, 5) is 60.4. The van der Waals surface area contributed by atoms with Gasteiger partial charge in [-0.2, -0.15) is 10.2 Å². The van der Waals surface area contributed by atoms with Gasteiger partial charge in [0.05, 0.1) is 36.3 Å². The Bertz CT molecular complexity index is 2180. The molecule has 4 bridgehead atoms. The van der Waals surface area contributed by atoms with Gasteiger partial charge in [0.1, 0.15) is 34.5 Å². The van der Waals surface area contributed by atoms with Crippen molar-refractivity contribution in [2.45, 2.75) is 58.5 Å². The van der Waals surface area contributed by atoms with Gasteiger partial charge in [-0.25, -0.2) is 15.0 Å². The van der Waals surface area contributed by atoms with Crippen molar-refractivity contribution in [2.75, 3.05) is 11.9 Å². The van der Waals surface area contributed by atoms with Crippen molar-refractivity contribution in [3.8, 4) is 11.3 Å². The maximum atomic E-state index is 14.3. The zero-order valence-electron chi connectivity index (χ0n) is 26.7. The van der Waals surface area contributed by atoms with Crippen LogP contribution in [0.25, 0.3) is 28.2 Å². The lowest BCUT2D eigenvalue weighted by molar-refractivity contribution is -0.138. The number of rotatable bonds is 4. The number of nitrogens with zero attached hydrogens (tertiary/aromatic N) is 9. The van der Waals surface area contributed by atoms with Crippen LogP contribution >= 0.6 is 15.9 Å². The van der Waals surface area contributed by atoms with E-state index in [2.05, 4.69) is 46.3 Å². The Morgan fingerprint density at radius 1 is 1.10 bits per heavy atom. The van der Waals surface area contributed by atoms with Crippen LogP contribution < -0.4 is 5.32 Å². The quantitative estimate of drug-likeness (QED) is 0.212. The number of hydrogen-bond donors (Lipinski definition) is 1. The van der Waals surface area contributed by atoms with E-state index in [9.17, 15) is 14.4 Å². The van der Waals surface area contributed by atoms with Crippen molar-refractivity contribution in [1.29, 1.82) is 0 Å². The van der Waals surface area contributed by atoms with Crippen molar-refractivity contribution in [2.24, 2.45) is 5.41 Å². The third-order valence-corrected chi connectivity index (χ3v) is 9.87. The molecular formula is C34H31BrN10O4. The molecule has 3 atom stereocenters. The molecule has 1 aliphatic carbocycles. The van der Waals surface area contributed by atoms with Gasteiger partial charge in [-0.05, 0) is 60.0 Å². The fourth-order valence-corrected chi connectivity index (χ4v) is 7.27. The first kappa shape index (κ1) is 31.1. The number of ketones is 1. The Morgan fingerprint density at radius 2 is 1.94 bits per heavy atom. The lowest BCUT2D eigenvalue weighted by Gasteiger charge is -2.27. The molecule has 1 N–H and O–H groups in total. The zero-order chi connectivity index (χ0) is 33.9. The Kier molecular flexibility index (Phi) is 7.67. The number of pyridine rings is 2. The van der Waals surface area contributed by atoms with Crippen LogP contribution in [0.4, 0.5) is 5.82 Å². The molecule has 1 saturated carbocycles. The second kappa shape index (κ2) is 12.1. The van der Waals surface area contributed by atoms with Crippen LogP contribution in [-0.2, 0) is 34.0 Å². The topological polar surface area (TPSA) is 163 Å². The molecule has 248 valence electrons. The monoisotopic (exact) mass is 722 g/mol. The van der Waals surface area contributed by atoms with E-state index in [0.29, 0.717) is 63.5 Å². The van der Waals surface area contributed by atoms with Crippen LogP contribution in [0.2, 0.25) is 0 Å². The SMILES string of the molecule is CC(=O)c1nn(CC(=O)N2[C@H]3C[C@]4(C[C@@H]24)Cn2ccc(n2)/C=C/COCc2ccc(Br)nc2NC3=O)c2cnc(-c3cnc(C)nc3)cc12. The summed E-state index contributed by atoms with van der Waals surface area (Å²) >= 11 is 3.41. The maximum Gasteiger partial charge on any atom is 0.248 e. The summed E-state index contributed by atoms with van der Waals surface area (Å²) in [6.07, 6.45) is 11.9. The number of carbonyl (C=O) groups is 3. The number of aromatic nitrogens is 8. The fourth-order valence-electron chi connectivity index (χ4n) is 6.96. The van der Waals surface area contributed by atoms with Gasteiger partial charge in [0.2, 0.25) is 11.8 Å². The third kappa shape index (κ3) is 5.82. The molecule has 14 nitrogen and oxygen atoms in total. The summed E-state index contributed by atoms with van der Waals surface area (Å²) in [7, 11) is 0. The molecule has 3 aliphatic rings. The third-order valence-electron chi connectivity index (χ3n) is 9.43. The summed E-state index contributed by atoms with van der Waals surface area (Å²) in [6.45, 7) is 4.20. The molecule has 1 spiro atoms. The van der Waals surface area contributed by atoms with Gasteiger partial charge in [-0.3, -0.25) is 28.7 Å². The number of Topliss-reactive ketones (excluding diaryl/α,β-unsaturated/α-hetero) is 1. The molecule has 5 aromatic rings. The van der Waals surface area contributed by atoms with Gasteiger partial charge < -0.3 is 15.0 Å². The average Bonchev–Trinajstić information content (AvgIpc) is 3.34. The zero-order valence-corrected chi connectivity index (χ0v) is 28.3. The van der Waals surface area contributed by atoms with Crippen molar-refractivity contribution in [3.05, 3.63) is 82.5 Å². The fraction of sp³-hybridized carbons (Fsp3) is 0.324.